The molecule has 3 aromatic rings. The molecule has 0 aliphatic heterocycles. The largest absolute Gasteiger partial charge is 0.368 e. The Bertz CT molecular complexity index is 1220. The number of carbonyl (C=O) groups excluding carboxylic acids is 1. The Morgan fingerprint density at radius 2 is 2.20 bits per heavy atom. The van der Waals surface area contributed by atoms with Gasteiger partial charge in [-0.25, -0.2) is 4.98 Å². The zero-order valence-electron chi connectivity index (χ0n) is 16.4. The number of nitrogens with two attached hydrogens (primary N) is 1. The molecule has 154 valence electrons. The van der Waals surface area contributed by atoms with Crippen molar-refractivity contribution < 1.29 is 4.79 Å². The quantitative estimate of drug-likeness (QED) is 0.558. The third-order valence-electron chi connectivity index (χ3n) is 5.05. The number of benzene rings is 1. The highest BCUT2D eigenvalue weighted by Gasteiger charge is 2.30. The maximum atomic E-state index is 13.3. The summed E-state index contributed by atoms with van der Waals surface area (Å²) in [5, 5.41) is 7.44. The monoisotopic (exact) mass is 424 g/mol. The average molecular weight is 425 g/mol. The minimum atomic E-state index is -0.412. The number of carbonyl (C=O) groups is 1. The average Bonchev–Trinajstić information content (AvgIpc) is 3.53. The number of hydrogen-bond donors (Lipinski definition) is 3. The normalized spacial score (nSPS) is 14.3. The molecule has 2 heterocycles. The van der Waals surface area contributed by atoms with E-state index < -0.39 is 5.91 Å². The van der Waals surface area contributed by atoms with Crippen LogP contribution in [-0.4, -0.2) is 20.4 Å². The van der Waals surface area contributed by atoms with Crippen LogP contribution in [-0.2, 0) is 0 Å². The van der Waals surface area contributed by atoms with E-state index in [0.29, 0.717) is 10.4 Å². The Morgan fingerprint density at radius 3 is 2.90 bits per heavy atom. The van der Waals surface area contributed by atoms with Gasteiger partial charge in [-0.1, -0.05) is 30.3 Å². The molecule has 1 unspecified atom stereocenters. The number of pyridine rings is 1. The second-order valence-corrected chi connectivity index (χ2v) is 7.62. The SMILES string of the molecule is C=CNC(=O)c1cnc(N)nc1NC(C)c1cc2cccc(Cl)c2c(=O)n1C1CC1. The third kappa shape index (κ3) is 3.61. The van der Waals surface area contributed by atoms with Gasteiger partial charge in [0.25, 0.3) is 11.5 Å². The summed E-state index contributed by atoms with van der Waals surface area (Å²) >= 11 is 6.31. The standard InChI is InChI=1S/C21H21ClN6O2/c1-3-24-19(29)14-10-25-21(23)27-18(14)26-11(2)16-9-12-5-4-6-15(22)17(12)20(30)28(16)13-7-8-13/h3-6,9-11,13H,1,7-8H2,2H3,(H,24,29)(H3,23,25,26,27). The number of nitrogen functional groups attached to an aromatic ring is 1. The molecule has 1 aromatic carbocycles. The van der Waals surface area contributed by atoms with E-state index in [4.69, 9.17) is 17.3 Å². The van der Waals surface area contributed by atoms with Gasteiger partial charge < -0.3 is 20.9 Å². The van der Waals surface area contributed by atoms with Gasteiger partial charge in [0.2, 0.25) is 5.95 Å². The maximum absolute atomic E-state index is 13.3. The van der Waals surface area contributed by atoms with Gasteiger partial charge in [-0.05, 0) is 43.5 Å². The van der Waals surface area contributed by atoms with Crippen molar-refractivity contribution in [3.8, 4) is 0 Å². The first kappa shape index (κ1) is 19.9. The van der Waals surface area contributed by atoms with Crippen molar-refractivity contribution in [3.63, 3.8) is 0 Å². The molecule has 0 bridgehead atoms. The molecule has 0 spiro atoms. The smallest absolute Gasteiger partial charge is 0.260 e. The number of fused-ring (bicyclic) bond motifs is 1. The van der Waals surface area contributed by atoms with E-state index in [0.717, 1.165) is 23.9 Å². The number of amides is 1. The fraction of sp³-hybridized carbons (Fsp3) is 0.238. The maximum Gasteiger partial charge on any atom is 0.260 e. The van der Waals surface area contributed by atoms with Crippen molar-refractivity contribution in [1.29, 1.82) is 0 Å². The van der Waals surface area contributed by atoms with Crippen molar-refractivity contribution in [1.82, 2.24) is 19.9 Å². The van der Waals surface area contributed by atoms with Gasteiger partial charge in [0.05, 0.1) is 16.5 Å². The topological polar surface area (TPSA) is 115 Å². The van der Waals surface area contributed by atoms with Gasteiger partial charge >= 0.3 is 0 Å². The number of nitrogens with one attached hydrogen (secondary N) is 2. The molecule has 30 heavy (non-hydrogen) atoms. The molecule has 1 aliphatic rings. The number of halogens is 1. The Balaban J connectivity index is 1.80. The summed E-state index contributed by atoms with van der Waals surface area (Å²) in [5.74, 6) is -0.107. The first-order chi connectivity index (χ1) is 14.4. The van der Waals surface area contributed by atoms with E-state index in [1.807, 2.05) is 25.1 Å². The van der Waals surface area contributed by atoms with E-state index in [9.17, 15) is 9.59 Å². The molecule has 0 saturated heterocycles. The van der Waals surface area contributed by atoms with E-state index in [1.54, 1.807) is 10.6 Å². The molecule has 4 rings (SSSR count). The van der Waals surface area contributed by atoms with Crippen LogP contribution >= 0.6 is 11.6 Å². The van der Waals surface area contributed by atoms with Crippen LogP contribution in [0.1, 0.15) is 47.9 Å². The first-order valence-corrected chi connectivity index (χ1v) is 9.93. The van der Waals surface area contributed by atoms with Crippen LogP contribution in [0.25, 0.3) is 10.8 Å². The lowest BCUT2D eigenvalue weighted by Crippen LogP contribution is -2.27. The zero-order valence-corrected chi connectivity index (χ0v) is 17.1. The Morgan fingerprint density at radius 1 is 1.43 bits per heavy atom. The lowest BCUT2D eigenvalue weighted by Gasteiger charge is -2.22. The minimum Gasteiger partial charge on any atom is -0.368 e. The van der Waals surface area contributed by atoms with E-state index >= 15 is 0 Å². The van der Waals surface area contributed by atoms with Crippen LogP contribution < -0.4 is 21.9 Å². The molecule has 4 N–H and O–H groups in total. The summed E-state index contributed by atoms with van der Waals surface area (Å²) in [6.45, 7) is 5.40. The number of nitrogens with zero attached hydrogens (tertiary/aromatic N) is 3. The summed E-state index contributed by atoms with van der Waals surface area (Å²) in [5.41, 5.74) is 6.62. The Hall–Kier alpha value is -3.39. The van der Waals surface area contributed by atoms with Crippen LogP contribution in [0.4, 0.5) is 11.8 Å². The molecule has 9 heteroatoms. The highest BCUT2D eigenvalue weighted by molar-refractivity contribution is 6.35. The summed E-state index contributed by atoms with van der Waals surface area (Å²) in [4.78, 5) is 33.7. The molecule has 1 fully saturated rings. The summed E-state index contributed by atoms with van der Waals surface area (Å²) in [6.07, 6.45) is 4.50. The minimum absolute atomic E-state index is 0.0322. The van der Waals surface area contributed by atoms with Gasteiger partial charge in [0.1, 0.15) is 11.4 Å². The lowest BCUT2D eigenvalue weighted by molar-refractivity contribution is 0.0970. The molecule has 1 saturated carbocycles. The fourth-order valence-corrected chi connectivity index (χ4v) is 3.78. The van der Waals surface area contributed by atoms with Crippen molar-refractivity contribution >= 4 is 40.0 Å². The van der Waals surface area contributed by atoms with Crippen LogP contribution in [0.5, 0.6) is 0 Å². The summed E-state index contributed by atoms with van der Waals surface area (Å²) in [6, 6.07) is 7.14. The second kappa shape index (κ2) is 7.79. The highest BCUT2D eigenvalue weighted by atomic mass is 35.5. The molecule has 2 aromatic heterocycles. The molecule has 1 amide bonds. The second-order valence-electron chi connectivity index (χ2n) is 7.21. The van der Waals surface area contributed by atoms with Crippen molar-refractivity contribution in [2.45, 2.75) is 31.8 Å². The number of aromatic nitrogens is 3. The van der Waals surface area contributed by atoms with E-state index in [-0.39, 0.29) is 35.0 Å². The molecule has 1 aliphatic carbocycles. The van der Waals surface area contributed by atoms with Crippen molar-refractivity contribution in [2.75, 3.05) is 11.1 Å². The van der Waals surface area contributed by atoms with Crippen LogP contribution in [0, 0.1) is 0 Å². The molecule has 0 radical (unpaired) electrons. The van der Waals surface area contributed by atoms with Crippen LogP contribution in [0.2, 0.25) is 5.02 Å². The number of anilines is 2. The number of rotatable bonds is 6. The van der Waals surface area contributed by atoms with Gasteiger partial charge in [-0.15, -0.1) is 0 Å². The molecular weight excluding hydrogens is 404 g/mol. The third-order valence-corrected chi connectivity index (χ3v) is 5.37. The van der Waals surface area contributed by atoms with E-state index in [2.05, 4.69) is 27.2 Å². The molecular formula is C21H21ClN6O2. The van der Waals surface area contributed by atoms with E-state index in [1.165, 1.54) is 12.4 Å². The van der Waals surface area contributed by atoms with Crippen molar-refractivity contribution in [2.24, 2.45) is 0 Å². The Kier molecular flexibility index (Phi) is 5.17. The predicted octanol–water partition coefficient (Wildman–Crippen LogP) is 3.41. The van der Waals surface area contributed by atoms with Gasteiger partial charge in [-0.3, -0.25) is 9.59 Å². The fourth-order valence-electron chi connectivity index (χ4n) is 3.52. The van der Waals surface area contributed by atoms with Gasteiger partial charge in [-0.2, -0.15) is 4.98 Å². The van der Waals surface area contributed by atoms with Crippen molar-refractivity contribution in [3.05, 3.63) is 69.9 Å². The highest BCUT2D eigenvalue weighted by Crippen LogP contribution is 2.37. The molecule has 1 atom stereocenters. The van der Waals surface area contributed by atoms with Gasteiger partial charge in [0.15, 0.2) is 0 Å². The summed E-state index contributed by atoms with van der Waals surface area (Å²) < 4.78 is 1.79. The predicted molar refractivity (Wildman–Crippen MR) is 118 cm³/mol. The Labute approximate surface area is 177 Å². The first-order valence-electron chi connectivity index (χ1n) is 9.55. The van der Waals surface area contributed by atoms with Crippen LogP contribution in [0.3, 0.4) is 0 Å². The zero-order chi connectivity index (χ0) is 21.4. The lowest BCUT2D eigenvalue weighted by atomic mass is 10.1. The number of hydrogen-bond acceptors (Lipinski definition) is 6. The molecule has 8 nitrogen and oxygen atoms in total. The summed E-state index contributed by atoms with van der Waals surface area (Å²) in [7, 11) is 0. The van der Waals surface area contributed by atoms with Crippen LogP contribution in [0.15, 0.2) is 48.0 Å². The van der Waals surface area contributed by atoms with Gasteiger partial charge in [0, 0.05) is 17.9 Å².